The van der Waals surface area contributed by atoms with Crippen molar-refractivity contribution in [3.05, 3.63) is 83.6 Å². The molecule has 152 valence electrons. The first-order chi connectivity index (χ1) is 14.0. The monoisotopic (exact) mass is 393 g/mol. The van der Waals surface area contributed by atoms with Crippen molar-refractivity contribution < 1.29 is 13.9 Å². The Morgan fingerprint density at radius 3 is 2.45 bits per heavy atom. The van der Waals surface area contributed by atoms with E-state index in [0.717, 1.165) is 17.9 Å². The minimum absolute atomic E-state index is 0.241. The number of aromatic nitrogens is 1. The van der Waals surface area contributed by atoms with Crippen molar-refractivity contribution in [2.24, 2.45) is 0 Å². The lowest BCUT2D eigenvalue weighted by atomic mass is 10.2. The molecule has 0 aliphatic heterocycles. The van der Waals surface area contributed by atoms with Gasteiger partial charge in [0.05, 0.1) is 13.7 Å². The summed E-state index contributed by atoms with van der Waals surface area (Å²) in [5.41, 5.74) is 2.51. The Morgan fingerprint density at radius 1 is 1.07 bits per heavy atom. The van der Waals surface area contributed by atoms with Crippen LogP contribution >= 0.6 is 0 Å². The molecule has 0 saturated carbocycles. The maximum atomic E-state index is 12.3. The highest BCUT2D eigenvalue weighted by molar-refractivity contribution is 5.91. The Balaban J connectivity index is 1.59. The molecular weight excluding hydrogens is 366 g/mol. The van der Waals surface area contributed by atoms with Gasteiger partial charge in [0.1, 0.15) is 12.0 Å². The fourth-order valence-corrected chi connectivity index (χ4v) is 2.92. The van der Waals surface area contributed by atoms with E-state index in [0.29, 0.717) is 30.7 Å². The summed E-state index contributed by atoms with van der Waals surface area (Å²) >= 11 is 0. The molecule has 1 amide bonds. The van der Waals surface area contributed by atoms with Gasteiger partial charge in [-0.15, -0.1) is 0 Å². The van der Waals surface area contributed by atoms with Crippen LogP contribution in [0.1, 0.15) is 41.4 Å². The molecule has 0 radical (unpaired) electrons. The predicted octanol–water partition coefficient (Wildman–Crippen LogP) is 4.02. The summed E-state index contributed by atoms with van der Waals surface area (Å²) in [6, 6.07) is 18.1. The Hall–Kier alpha value is -3.12. The number of methoxy groups -OCH3 is 1. The third kappa shape index (κ3) is 5.93. The Morgan fingerprint density at radius 2 is 1.79 bits per heavy atom. The van der Waals surface area contributed by atoms with Crippen molar-refractivity contribution in [1.82, 2.24) is 15.2 Å². The van der Waals surface area contributed by atoms with Gasteiger partial charge < -0.3 is 14.5 Å². The van der Waals surface area contributed by atoms with Crippen LogP contribution in [0.4, 0.5) is 0 Å². The molecule has 1 N–H and O–H groups in total. The van der Waals surface area contributed by atoms with Crippen LogP contribution in [0.3, 0.4) is 0 Å². The Bertz CT molecular complexity index is 905. The summed E-state index contributed by atoms with van der Waals surface area (Å²) in [7, 11) is 1.66. The summed E-state index contributed by atoms with van der Waals surface area (Å²) in [5.74, 6) is 1.12. The first-order valence-electron chi connectivity index (χ1n) is 9.68. The first-order valence-corrected chi connectivity index (χ1v) is 9.68. The second-order valence-electron chi connectivity index (χ2n) is 7.14. The van der Waals surface area contributed by atoms with Crippen molar-refractivity contribution in [3.63, 3.8) is 0 Å². The molecule has 0 atom stereocenters. The standard InChI is InChI=1S/C23H27N3O3/c1-17(2)26(14-19-9-11-20(28-3)12-10-19)15-22-25-21(16-29-22)23(27)24-13-18-7-5-4-6-8-18/h4-12,16-17H,13-15H2,1-3H3,(H,24,27). The van der Waals surface area contributed by atoms with E-state index in [1.54, 1.807) is 7.11 Å². The minimum Gasteiger partial charge on any atom is -0.497 e. The molecule has 0 aliphatic rings. The van der Waals surface area contributed by atoms with Gasteiger partial charge >= 0.3 is 0 Å². The predicted molar refractivity (Wildman–Crippen MR) is 111 cm³/mol. The van der Waals surface area contributed by atoms with Crippen LogP contribution in [-0.4, -0.2) is 28.9 Å². The molecule has 2 aromatic carbocycles. The van der Waals surface area contributed by atoms with Gasteiger partial charge in [-0.3, -0.25) is 9.69 Å². The van der Waals surface area contributed by atoms with Crippen LogP contribution in [-0.2, 0) is 19.6 Å². The van der Waals surface area contributed by atoms with E-state index < -0.39 is 0 Å². The van der Waals surface area contributed by atoms with E-state index in [4.69, 9.17) is 9.15 Å². The van der Waals surface area contributed by atoms with Gasteiger partial charge in [0, 0.05) is 19.1 Å². The van der Waals surface area contributed by atoms with E-state index >= 15 is 0 Å². The number of hydrogen-bond acceptors (Lipinski definition) is 5. The largest absolute Gasteiger partial charge is 0.497 e. The summed E-state index contributed by atoms with van der Waals surface area (Å²) in [6.45, 7) is 5.98. The zero-order valence-corrected chi connectivity index (χ0v) is 17.1. The molecule has 1 heterocycles. The van der Waals surface area contributed by atoms with E-state index in [1.165, 1.54) is 11.8 Å². The number of ether oxygens (including phenoxy) is 1. The van der Waals surface area contributed by atoms with Crippen molar-refractivity contribution >= 4 is 5.91 Å². The van der Waals surface area contributed by atoms with Gasteiger partial charge in [0.25, 0.3) is 5.91 Å². The van der Waals surface area contributed by atoms with Gasteiger partial charge in [-0.2, -0.15) is 0 Å². The number of benzene rings is 2. The van der Waals surface area contributed by atoms with Gasteiger partial charge in [0.15, 0.2) is 5.69 Å². The van der Waals surface area contributed by atoms with Gasteiger partial charge in [0.2, 0.25) is 5.89 Å². The molecule has 29 heavy (non-hydrogen) atoms. The second kappa shape index (κ2) is 9.89. The molecule has 0 aliphatic carbocycles. The summed E-state index contributed by atoms with van der Waals surface area (Å²) < 4.78 is 10.8. The normalized spacial score (nSPS) is 11.1. The molecule has 1 aromatic heterocycles. The Kier molecular flexibility index (Phi) is 7.03. The van der Waals surface area contributed by atoms with Crippen molar-refractivity contribution in [3.8, 4) is 5.75 Å². The molecule has 6 heteroatoms. The van der Waals surface area contributed by atoms with Crippen LogP contribution in [0.5, 0.6) is 5.75 Å². The quantitative estimate of drug-likeness (QED) is 0.595. The zero-order chi connectivity index (χ0) is 20.6. The van der Waals surface area contributed by atoms with Gasteiger partial charge in [-0.1, -0.05) is 42.5 Å². The van der Waals surface area contributed by atoms with Crippen molar-refractivity contribution in [1.29, 1.82) is 0 Å². The third-order valence-corrected chi connectivity index (χ3v) is 4.69. The molecule has 0 fully saturated rings. The van der Waals surface area contributed by atoms with Crippen LogP contribution in [0.25, 0.3) is 0 Å². The molecular formula is C23H27N3O3. The lowest BCUT2D eigenvalue weighted by Gasteiger charge is -2.25. The molecule has 3 aromatic rings. The lowest BCUT2D eigenvalue weighted by molar-refractivity contribution is 0.0945. The van der Waals surface area contributed by atoms with Crippen molar-refractivity contribution in [2.75, 3.05) is 7.11 Å². The topological polar surface area (TPSA) is 67.6 Å². The molecule has 0 saturated heterocycles. The highest BCUT2D eigenvalue weighted by Gasteiger charge is 2.17. The summed E-state index contributed by atoms with van der Waals surface area (Å²) in [6.07, 6.45) is 1.42. The second-order valence-corrected chi connectivity index (χ2v) is 7.14. The molecule has 0 unspecified atom stereocenters. The molecule has 3 rings (SSSR count). The SMILES string of the molecule is COc1ccc(CN(Cc2nc(C(=O)NCc3ccccc3)co2)C(C)C)cc1. The van der Waals surface area contributed by atoms with E-state index in [1.807, 2.05) is 54.6 Å². The van der Waals surface area contributed by atoms with Crippen LogP contribution in [0.2, 0.25) is 0 Å². The summed E-state index contributed by atoms with van der Waals surface area (Å²) in [4.78, 5) is 19.0. The minimum atomic E-state index is -0.241. The van der Waals surface area contributed by atoms with E-state index in [2.05, 4.69) is 29.0 Å². The third-order valence-electron chi connectivity index (χ3n) is 4.69. The molecule has 0 bridgehead atoms. The number of carbonyl (C=O) groups is 1. The number of nitrogens with one attached hydrogen (secondary N) is 1. The fourth-order valence-electron chi connectivity index (χ4n) is 2.92. The molecule has 0 spiro atoms. The smallest absolute Gasteiger partial charge is 0.273 e. The van der Waals surface area contributed by atoms with Crippen LogP contribution < -0.4 is 10.1 Å². The van der Waals surface area contributed by atoms with Gasteiger partial charge in [-0.05, 0) is 37.1 Å². The fraction of sp³-hybridized carbons (Fsp3) is 0.304. The van der Waals surface area contributed by atoms with Crippen molar-refractivity contribution in [2.45, 2.75) is 39.5 Å². The zero-order valence-electron chi connectivity index (χ0n) is 17.1. The number of carbonyl (C=O) groups excluding carboxylic acids is 1. The Labute approximate surface area is 171 Å². The summed E-state index contributed by atoms with van der Waals surface area (Å²) in [5, 5.41) is 2.87. The number of nitrogens with zero attached hydrogens (tertiary/aromatic N) is 2. The highest BCUT2D eigenvalue weighted by Crippen LogP contribution is 2.16. The first kappa shape index (κ1) is 20.6. The average molecular weight is 393 g/mol. The number of rotatable bonds is 9. The molecule has 6 nitrogen and oxygen atoms in total. The average Bonchev–Trinajstić information content (AvgIpc) is 3.21. The van der Waals surface area contributed by atoms with E-state index in [9.17, 15) is 4.79 Å². The number of hydrogen-bond donors (Lipinski definition) is 1. The van der Waals surface area contributed by atoms with E-state index in [-0.39, 0.29) is 5.91 Å². The number of amides is 1. The number of oxazole rings is 1. The lowest BCUT2D eigenvalue weighted by Crippen LogP contribution is -2.30. The van der Waals surface area contributed by atoms with Crippen LogP contribution in [0, 0.1) is 0 Å². The highest BCUT2D eigenvalue weighted by atomic mass is 16.5. The maximum absolute atomic E-state index is 12.3. The maximum Gasteiger partial charge on any atom is 0.273 e. The van der Waals surface area contributed by atoms with Crippen LogP contribution in [0.15, 0.2) is 65.3 Å². The van der Waals surface area contributed by atoms with Gasteiger partial charge in [-0.25, -0.2) is 4.98 Å².